The number of rotatable bonds is 3. The highest BCUT2D eigenvalue weighted by molar-refractivity contribution is 7.71. The molecule has 1 heterocycles. The van der Waals surface area contributed by atoms with E-state index in [4.69, 9.17) is 17.0 Å². The maximum atomic E-state index is 5.54. The Morgan fingerprint density at radius 1 is 1.41 bits per heavy atom. The van der Waals surface area contributed by atoms with Crippen LogP contribution in [-0.4, -0.2) is 17.1 Å². The van der Waals surface area contributed by atoms with Gasteiger partial charge in [0, 0.05) is 18.4 Å². The topological polar surface area (TPSA) is 37.9 Å². The molecule has 17 heavy (non-hydrogen) atoms. The molecule has 0 aliphatic rings. The summed E-state index contributed by atoms with van der Waals surface area (Å²) in [7, 11) is 1.71. The first kappa shape index (κ1) is 14.3. The first-order valence-electron chi connectivity index (χ1n) is 5.93. The predicted molar refractivity (Wildman–Crippen MR) is 72.7 cm³/mol. The lowest BCUT2D eigenvalue weighted by molar-refractivity contribution is 0.00843. The van der Waals surface area contributed by atoms with Crippen LogP contribution in [-0.2, 0) is 11.2 Å². The second kappa shape index (κ2) is 5.27. The molecule has 4 heteroatoms. The van der Waals surface area contributed by atoms with Gasteiger partial charge in [-0.05, 0) is 18.8 Å². The maximum absolute atomic E-state index is 5.54. The largest absolute Gasteiger partial charge is 0.373 e. The van der Waals surface area contributed by atoms with Gasteiger partial charge in [-0.2, -0.15) is 0 Å². The summed E-state index contributed by atoms with van der Waals surface area (Å²) >= 11 is 5.33. The van der Waals surface area contributed by atoms with Crippen LogP contribution in [0.25, 0.3) is 0 Å². The molecular weight excluding hydrogens is 232 g/mol. The summed E-state index contributed by atoms with van der Waals surface area (Å²) in [4.78, 5) is 7.80. The molecule has 1 atom stereocenters. The molecule has 1 aromatic rings. The molecule has 0 saturated carbocycles. The Kier molecular flexibility index (Phi) is 4.44. The molecule has 0 saturated heterocycles. The van der Waals surface area contributed by atoms with Crippen molar-refractivity contribution in [1.29, 1.82) is 0 Å². The lowest BCUT2D eigenvalue weighted by Crippen LogP contribution is -2.23. The van der Waals surface area contributed by atoms with Crippen LogP contribution in [0, 0.1) is 17.0 Å². The fourth-order valence-electron chi connectivity index (χ4n) is 2.05. The van der Waals surface area contributed by atoms with E-state index in [9.17, 15) is 0 Å². The van der Waals surface area contributed by atoms with Crippen molar-refractivity contribution in [1.82, 2.24) is 9.97 Å². The van der Waals surface area contributed by atoms with Crippen LogP contribution in [0.4, 0.5) is 0 Å². The highest BCUT2D eigenvalue weighted by atomic mass is 32.1. The summed E-state index contributed by atoms with van der Waals surface area (Å²) in [5.74, 6) is 0.819. The number of H-pyrrole nitrogens is 1. The number of aryl methyl sites for hydroxylation is 1. The number of nitrogens with one attached hydrogen (secondary N) is 1. The van der Waals surface area contributed by atoms with E-state index in [1.165, 1.54) is 0 Å². The zero-order valence-electron chi connectivity index (χ0n) is 11.5. The summed E-state index contributed by atoms with van der Waals surface area (Å²) in [6.07, 6.45) is 0.829. The van der Waals surface area contributed by atoms with E-state index < -0.39 is 0 Å². The monoisotopic (exact) mass is 254 g/mol. The van der Waals surface area contributed by atoms with Crippen molar-refractivity contribution < 1.29 is 4.74 Å². The van der Waals surface area contributed by atoms with Gasteiger partial charge in [0.15, 0.2) is 0 Å². The minimum atomic E-state index is -0.0752. The normalized spacial score (nSPS) is 13.8. The summed E-state index contributed by atoms with van der Waals surface area (Å²) < 4.78 is 6.23. The van der Waals surface area contributed by atoms with Gasteiger partial charge in [-0.25, -0.2) is 4.98 Å². The second-order valence-electron chi connectivity index (χ2n) is 5.37. The number of aromatic nitrogens is 2. The third-order valence-corrected chi connectivity index (χ3v) is 3.21. The van der Waals surface area contributed by atoms with Gasteiger partial charge in [0.25, 0.3) is 0 Å². The third kappa shape index (κ3) is 3.13. The molecule has 0 aromatic carbocycles. The molecule has 0 fully saturated rings. The first-order valence-corrected chi connectivity index (χ1v) is 6.34. The lowest BCUT2D eigenvalue weighted by atomic mass is 9.88. The van der Waals surface area contributed by atoms with Crippen LogP contribution in [0.5, 0.6) is 0 Å². The number of nitrogens with zero attached hydrogens (tertiary/aromatic N) is 1. The van der Waals surface area contributed by atoms with Gasteiger partial charge in [0.05, 0.1) is 0 Å². The van der Waals surface area contributed by atoms with Gasteiger partial charge < -0.3 is 9.72 Å². The Morgan fingerprint density at radius 2 is 2.00 bits per heavy atom. The van der Waals surface area contributed by atoms with Crippen molar-refractivity contribution in [3.05, 3.63) is 21.7 Å². The van der Waals surface area contributed by atoms with E-state index in [1.54, 1.807) is 7.11 Å². The number of methoxy groups -OCH3 is 1. The average molecular weight is 254 g/mol. The Hall–Kier alpha value is -0.740. The van der Waals surface area contributed by atoms with Crippen molar-refractivity contribution in [2.45, 2.75) is 47.1 Å². The molecule has 96 valence electrons. The van der Waals surface area contributed by atoms with Crippen LogP contribution >= 0.6 is 12.2 Å². The minimum Gasteiger partial charge on any atom is -0.373 e. The SMILES string of the molecule is CCc1c(C)[nH]c(C(OC)C(C)(C)C)nc1=S. The molecule has 0 radical (unpaired) electrons. The minimum absolute atomic E-state index is 0.0137. The molecule has 1 aromatic heterocycles. The summed E-state index contributed by atoms with van der Waals surface area (Å²) in [6.45, 7) is 10.5. The standard InChI is InChI=1S/C13H22N2OS/c1-7-9-8(2)14-11(15-12(9)17)10(16-6)13(3,4)5/h10H,7H2,1-6H3,(H,14,15,17). The molecular formula is C13H22N2OS. The number of hydrogen-bond acceptors (Lipinski definition) is 3. The van der Waals surface area contributed by atoms with Gasteiger partial charge in [-0.3, -0.25) is 0 Å². The van der Waals surface area contributed by atoms with Crippen molar-refractivity contribution in [3.63, 3.8) is 0 Å². The van der Waals surface area contributed by atoms with Gasteiger partial charge in [-0.15, -0.1) is 0 Å². The van der Waals surface area contributed by atoms with Crippen LogP contribution in [0.3, 0.4) is 0 Å². The van der Waals surface area contributed by atoms with E-state index in [-0.39, 0.29) is 11.5 Å². The zero-order valence-corrected chi connectivity index (χ0v) is 12.4. The Balaban J connectivity index is 3.29. The second-order valence-corrected chi connectivity index (χ2v) is 5.75. The first-order chi connectivity index (χ1) is 7.81. The molecule has 1 rings (SSSR count). The highest BCUT2D eigenvalue weighted by Gasteiger charge is 2.28. The molecule has 0 aliphatic heterocycles. The van der Waals surface area contributed by atoms with Gasteiger partial charge in [-0.1, -0.05) is 39.9 Å². The Morgan fingerprint density at radius 3 is 2.35 bits per heavy atom. The zero-order chi connectivity index (χ0) is 13.2. The maximum Gasteiger partial charge on any atom is 0.137 e. The third-order valence-electron chi connectivity index (χ3n) is 2.87. The Labute approximate surface area is 109 Å². The van der Waals surface area contributed by atoms with Crippen molar-refractivity contribution in [2.24, 2.45) is 5.41 Å². The molecule has 1 unspecified atom stereocenters. The highest BCUT2D eigenvalue weighted by Crippen LogP contribution is 2.33. The van der Waals surface area contributed by atoms with E-state index in [2.05, 4.69) is 37.7 Å². The van der Waals surface area contributed by atoms with Crippen molar-refractivity contribution >= 4 is 12.2 Å². The van der Waals surface area contributed by atoms with Crippen LogP contribution in [0.15, 0.2) is 0 Å². The molecule has 1 N–H and O–H groups in total. The van der Waals surface area contributed by atoms with E-state index in [0.29, 0.717) is 4.64 Å². The molecule has 3 nitrogen and oxygen atoms in total. The molecule has 0 amide bonds. The summed E-state index contributed by atoms with van der Waals surface area (Å²) in [5.41, 5.74) is 2.20. The van der Waals surface area contributed by atoms with Crippen molar-refractivity contribution in [2.75, 3.05) is 7.11 Å². The van der Waals surface area contributed by atoms with Crippen LogP contribution in [0.1, 0.15) is 50.9 Å². The molecule has 0 aliphatic carbocycles. The number of ether oxygens (including phenoxy) is 1. The quantitative estimate of drug-likeness (QED) is 0.835. The number of hydrogen-bond donors (Lipinski definition) is 1. The fraction of sp³-hybridized carbons (Fsp3) is 0.692. The number of aromatic amines is 1. The van der Waals surface area contributed by atoms with Crippen molar-refractivity contribution in [3.8, 4) is 0 Å². The molecule has 0 bridgehead atoms. The van der Waals surface area contributed by atoms with E-state index >= 15 is 0 Å². The van der Waals surface area contributed by atoms with Gasteiger partial charge in [0.2, 0.25) is 0 Å². The fourth-order valence-corrected chi connectivity index (χ4v) is 2.44. The summed E-state index contributed by atoms with van der Waals surface area (Å²) in [5, 5.41) is 0. The van der Waals surface area contributed by atoms with E-state index in [0.717, 1.165) is 23.5 Å². The average Bonchev–Trinajstić information content (AvgIpc) is 2.15. The van der Waals surface area contributed by atoms with Gasteiger partial charge >= 0.3 is 0 Å². The van der Waals surface area contributed by atoms with Crippen LogP contribution in [0.2, 0.25) is 0 Å². The smallest absolute Gasteiger partial charge is 0.137 e. The predicted octanol–water partition coefficient (Wildman–Crippen LogP) is 3.74. The van der Waals surface area contributed by atoms with E-state index in [1.807, 2.05) is 6.92 Å². The Bertz CT molecular complexity index is 446. The lowest BCUT2D eigenvalue weighted by Gasteiger charge is -2.28. The van der Waals surface area contributed by atoms with Crippen LogP contribution < -0.4 is 0 Å². The van der Waals surface area contributed by atoms with Gasteiger partial charge in [0.1, 0.15) is 16.6 Å². The molecule has 0 spiro atoms. The summed E-state index contributed by atoms with van der Waals surface area (Å²) in [6, 6.07) is 0.